The van der Waals surface area contributed by atoms with Gasteiger partial charge in [0, 0.05) is 18.3 Å². The van der Waals surface area contributed by atoms with Gasteiger partial charge in [-0.1, -0.05) is 6.07 Å². The van der Waals surface area contributed by atoms with Crippen LogP contribution in [0.25, 0.3) is 0 Å². The van der Waals surface area contributed by atoms with E-state index < -0.39 is 21.9 Å². The number of halogens is 3. The first-order valence-corrected chi connectivity index (χ1v) is 7.90. The predicted molar refractivity (Wildman–Crippen MR) is 73.1 cm³/mol. The minimum Gasteiger partial charge on any atom is -0.406 e. The fraction of sp³-hybridized carbons (Fsp3) is 0.214. The van der Waals surface area contributed by atoms with Crippen molar-refractivity contribution in [2.75, 3.05) is 5.75 Å². The molecule has 0 aliphatic rings. The van der Waals surface area contributed by atoms with Crippen LogP contribution in [0.2, 0.25) is 0 Å². The van der Waals surface area contributed by atoms with E-state index in [1.165, 1.54) is 0 Å². The van der Waals surface area contributed by atoms with Crippen molar-refractivity contribution in [1.29, 1.82) is 0 Å². The van der Waals surface area contributed by atoms with Crippen molar-refractivity contribution in [3.05, 3.63) is 54.4 Å². The zero-order valence-corrected chi connectivity index (χ0v) is 12.1. The zero-order valence-electron chi connectivity index (χ0n) is 11.2. The smallest absolute Gasteiger partial charge is 0.406 e. The molecule has 0 unspecified atom stereocenters. The Bertz CT molecular complexity index is 713. The third kappa shape index (κ3) is 4.73. The van der Waals surface area contributed by atoms with Gasteiger partial charge in [-0.25, -0.2) is 8.42 Å². The first-order chi connectivity index (χ1) is 10.3. The van der Waals surface area contributed by atoms with Crippen molar-refractivity contribution >= 4 is 9.84 Å². The maximum absolute atomic E-state index is 12.1. The molecule has 0 spiro atoms. The number of hydrogen-bond acceptors (Lipinski definition) is 4. The van der Waals surface area contributed by atoms with Gasteiger partial charge in [0.05, 0.1) is 10.6 Å². The molecule has 118 valence electrons. The van der Waals surface area contributed by atoms with Gasteiger partial charge in [-0.05, 0) is 36.4 Å². The van der Waals surface area contributed by atoms with E-state index in [1.54, 1.807) is 24.4 Å². The van der Waals surface area contributed by atoms with Crippen molar-refractivity contribution in [1.82, 2.24) is 4.98 Å². The summed E-state index contributed by atoms with van der Waals surface area (Å²) in [5.74, 6) is -0.639. The van der Waals surface area contributed by atoms with E-state index in [0.717, 1.165) is 24.3 Å². The number of ether oxygens (including phenoxy) is 1. The van der Waals surface area contributed by atoms with Crippen LogP contribution in [0.3, 0.4) is 0 Å². The van der Waals surface area contributed by atoms with Gasteiger partial charge in [-0.15, -0.1) is 13.2 Å². The Balaban J connectivity index is 2.06. The monoisotopic (exact) mass is 331 g/mol. The Labute approximate surface area is 125 Å². The van der Waals surface area contributed by atoms with Crippen LogP contribution in [-0.2, 0) is 16.3 Å². The topological polar surface area (TPSA) is 56.3 Å². The van der Waals surface area contributed by atoms with Crippen LogP contribution < -0.4 is 4.74 Å². The number of alkyl halides is 3. The van der Waals surface area contributed by atoms with Crippen LogP contribution in [0.4, 0.5) is 13.2 Å². The number of hydrogen-bond donors (Lipinski definition) is 0. The lowest BCUT2D eigenvalue weighted by Gasteiger charge is -2.09. The number of nitrogens with zero attached hydrogens (tertiary/aromatic N) is 1. The Morgan fingerprint density at radius 3 is 2.27 bits per heavy atom. The Morgan fingerprint density at radius 2 is 1.73 bits per heavy atom. The number of benzene rings is 1. The maximum atomic E-state index is 12.1. The van der Waals surface area contributed by atoms with Crippen molar-refractivity contribution in [3.8, 4) is 5.75 Å². The standard InChI is InChI=1S/C14H12F3NO3S/c15-14(16,17)21-12-4-6-13(7-5-12)22(19,20)10-8-11-3-1-2-9-18-11/h1-7,9H,8,10H2. The largest absolute Gasteiger partial charge is 0.573 e. The van der Waals surface area contributed by atoms with Crippen molar-refractivity contribution in [2.45, 2.75) is 17.7 Å². The normalized spacial score (nSPS) is 12.1. The molecule has 8 heteroatoms. The molecule has 0 fully saturated rings. The molecule has 0 atom stereocenters. The van der Waals surface area contributed by atoms with Crippen molar-refractivity contribution in [3.63, 3.8) is 0 Å². The SMILES string of the molecule is O=S(=O)(CCc1ccccn1)c1ccc(OC(F)(F)F)cc1. The highest BCUT2D eigenvalue weighted by atomic mass is 32.2. The fourth-order valence-electron chi connectivity index (χ4n) is 1.75. The molecule has 0 aliphatic carbocycles. The minimum absolute atomic E-state index is 0.0574. The molecule has 2 aromatic rings. The molecule has 4 nitrogen and oxygen atoms in total. The summed E-state index contributed by atoms with van der Waals surface area (Å²) < 4.78 is 64.0. The van der Waals surface area contributed by atoms with E-state index in [2.05, 4.69) is 9.72 Å². The van der Waals surface area contributed by atoms with Gasteiger partial charge in [0.15, 0.2) is 9.84 Å². The van der Waals surface area contributed by atoms with Crippen LogP contribution in [0.15, 0.2) is 53.6 Å². The zero-order chi connectivity index (χ0) is 16.2. The summed E-state index contributed by atoms with van der Waals surface area (Å²) in [7, 11) is -3.60. The Hall–Kier alpha value is -2.09. The number of rotatable bonds is 5. The van der Waals surface area contributed by atoms with Gasteiger partial charge < -0.3 is 4.74 Å². The number of aryl methyl sites for hydroxylation is 1. The van der Waals surface area contributed by atoms with Crippen LogP contribution >= 0.6 is 0 Å². The number of pyridine rings is 1. The van der Waals surface area contributed by atoms with E-state index in [0.29, 0.717) is 5.69 Å². The van der Waals surface area contributed by atoms with E-state index in [4.69, 9.17) is 0 Å². The molecule has 0 bridgehead atoms. The third-order valence-electron chi connectivity index (χ3n) is 2.77. The summed E-state index contributed by atoms with van der Waals surface area (Å²) in [5, 5.41) is 0. The molecule has 2 rings (SSSR count). The lowest BCUT2D eigenvalue weighted by Crippen LogP contribution is -2.17. The van der Waals surface area contributed by atoms with Gasteiger partial charge in [0.2, 0.25) is 0 Å². The predicted octanol–water partition coefficient (Wildman–Crippen LogP) is 3.00. The molecular weight excluding hydrogens is 319 g/mol. The lowest BCUT2D eigenvalue weighted by molar-refractivity contribution is -0.274. The van der Waals surface area contributed by atoms with Crippen molar-refractivity contribution < 1.29 is 26.3 Å². The fourth-order valence-corrected chi connectivity index (χ4v) is 3.02. The van der Waals surface area contributed by atoms with E-state index in [9.17, 15) is 21.6 Å². The molecule has 0 aliphatic heterocycles. The average Bonchev–Trinajstić information content (AvgIpc) is 2.45. The maximum Gasteiger partial charge on any atom is 0.573 e. The molecule has 0 saturated carbocycles. The molecule has 1 heterocycles. The second-order valence-corrected chi connectivity index (χ2v) is 6.52. The highest BCUT2D eigenvalue weighted by Crippen LogP contribution is 2.24. The Kier molecular flexibility index (Phi) is 4.70. The van der Waals surface area contributed by atoms with E-state index in [-0.39, 0.29) is 17.1 Å². The van der Waals surface area contributed by atoms with Crippen LogP contribution in [0, 0.1) is 0 Å². The summed E-state index contributed by atoms with van der Waals surface area (Å²) in [6.45, 7) is 0. The average molecular weight is 331 g/mol. The van der Waals surface area contributed by atoms with Crippen molar-refractivity contribution in [2.24, 2.45) is 0 Å². The highest BCUT2D eigenvalue weighted by Gasteiger charge is 2.31. The van der Waals surface area contributed by atoms with Gasteiger partial charge in [0.1, 0.15) is 5.75 Å². The summed E-state index contributed by atoms with van der Waals surface area (Å²) in [6, 6.07) is 9.30. The highest BCUT2D eigenvalue weighted by molar-refractivity contribution is 7.91. The summed E-state index contributed by atoms with van der Waals surface area (Å²) in [4.78, 5) is 3.96. The first-order valence-electron chi connectivity index (χ1n) is 6.25. The minimum atomic E-state index is -4.81. The first kappa shape index (κ1) is 16.3. The lowest BCUT2D eigenvalue weighted by atomic mass is 10.3. The van der Waals surface area contributed by atoms with Gasteiger partial charge in [-0.3, -0.25) is 4.98 Å². The van der Waals surface area contributed by atoms with E-state index in [1.807, 2.05) is 0 Å². The second kappa shape index (κ2) is 6.35. The summed E-state index contributed by atoms with van der Waals surface area (Å²) in [6.07, 6.45) is -3.02. The molecular formula is C14H12F3NO3S. The molecule has 0 saturated heterocycles. The number of sulfone groups is 1. The van der Waals surface area contributed by atoms with Crippen LogP contribution in [-0.4, -0.2) is 25.5 Å². The number of aromatic nitrogens is 1. The second-order valence-electron chi connectivity index (χ2n) is 4.41. The van der Waals surface area contributed by atoms with Gasteiger partial charge >= 0.3 is 6.36 Å². The molecule has 1 aromatic heterocycles. The Morgan fingerprint density at radius 1 is 1.05 bits per heavy atom. The summed E-state index contributed by atoms with van der Waals surface area (Å²) in [5.41, 5.74) is 0.628. The third-order valence-corrected chi connectivity index (χ3v) is 4.50. The molecule has 1 aromatic carbocycles. The molecule has 0 N–H and O–H groups in total. The van der Waals surface area contributed by atoms with E-state index >= 15 is 0 Å². The summed E-state index contributed by atoms with van der Waals surface area (Å²) >= 11 is 0. The van der Waals surface area contributed by atoms with Crippen LogP contribution in [0.1, 0.15) is 5.69 Å². The molecule has 0 radical (unpaired) electrons. The quantitative estimate of drug-likeness (QED) is 0.845. The molecule has 0 amide bonds. The molecule has 22 heavy (non-hydrogen) atoms. The van der Waals surface area contributed by atoms with Gasteiger partial charge in [0.25, 0.3) is 0 Å². The van der Waals surface area contributed by atoms with Crippen LogP contribution in [0.5, 0.6) is 5.75 Å². The van der Waals surface area contributed by atoms with Gasteiger partial charge in [-0.2, -0.15) is 0 Å².